The lowest BCUT2D eigenvalue weighted by molar-refractivity contribution is -0.144. The minimum absolute atomic E-state index is 0. The number of rotatable bonds is 6. The third-order valence-corrected chi connectivity index (χ3v) is 4.06. The van der Waals surface area contributed by atoms with Crippen LogP contribution in [-0.4, -0.2) is 56.2 Å². The summed E-state index contributed by atoms with van der Waals surface area (Å²) in [7, 11) is 2.64. The van der Waals surface area contributed by atoms with Crippen molar-refractivity contribution in [1.82, 2.24) is 5.32 Å². The van der Waals surface area contributed by atoms with Crippen molar-refractivity contribution >= 4 is 24.2 Å². The second kappa shape index (κ2) is 12.5. The highest BCUT2D eigenvalue weighted by Crippen LogP contribution is 2.45. The van der Waals surface area contributed by atoms with Crippen LogP contribution in [0.5, 0.6) is 0 Å². The van der Waals surface area contributed by atoms with Crippen molar-refractivity contribution < 1.29 is 28.6 Å². The average Bonchev–Trinajstić information content (AvgIpc) is 3.40. The van der Waals surface area contributed by atoms with E-state index in [4.69, 9.17) is 4.74 Å². The van der Waals surface area contributed by atoms with Crippen molar-refractivity contribution in [2.45, 2.75) is 45.8 Å². The summed E-state index contributed by atoms with van der Waals surface area (Å²) in [4.78, 5) is 37.8. The van der Waals surface area contributed by atoms with E-state index in [1.807, 2.05) is 30.3 Å². The number of hydrogen-bond donors (Lipinski definition) is 1. The highest BCUT2D eigenvalue weighted by molar-refractivity contribution is 5.90. The molecule has 1 fully saturated rings. The minimum Gasteiger partial charge on any atom is -0.468 e. The van der Waals surface area contributed by atoms with E-state index in [0.29, 0.717) is 6.42 Å². The molecule has 1 aliphatic rings. The second-order valence-corrected chi connectivity index (χ2v) is 7.59. The molecule has 31 heavy (non-hydrogen) atoms. The number of aliphatic imine (C=N–C) groups is 1. The van der Waals surface area contributed by atoms with Gasteiger partial charge < -0.3 is 19.5 Å². The number of alkyl carbamates (subject to hydrolysis) is 1. The topological polar surface area (TPSA) is 103 Å². The van der Waals surface area contributed by atoms with Crippen LogP contribution in [-0.2, 0) is 23.8 Å². The van der Waals surface area contributed by atoms with E-state index in [9.17, 15) is 14.4 Å². The Kier molecular flexibility index (Phi) is 11.2. The number of hydrogen-bond acceptors (Lipinski definition) is 7. The molecule has 1 N–H and O–H groups in total. The largest absolute Gasteiger partial charge is 0.468 e. The SMILES string of the molecule is C.C=C[C@@H]1C[C@]1(NC(=O)OC(C)(C)C)C(=O)OC.COC(=O)CN=Cc1ccccc1. The van der Waals surface area contributed by atoms with E-state index in [1.165, 1.54) is 14.2 Å². The lowest BCUT2D eigenvalue weighted by Gasteiger charge is -2.22. The van der Waals surface area contributed by atoms with Crippen molar-refractivity contribution in [2.75, 3.05) is 20.8 Å². The maximum atomic E-state index is 11.6. The van der Waals surface area contributed by atoms with Gasteiger partial charge in [-0.15, -0.1) is 6.58 Å². The highest BCUT2D eigenvalue weighted by atomic mass is 16.6. The molecular formula is C23H34N2O6. The van der Waals surface area contributed by atoms with Gasteiger partial charge in [-0.3, -0.25) is 9.79 Å². The van der Waals surface area contributed by atoms with Gasteiger partial charge in [0.25, 0.3) is 0 Å². The van der Waals surface area contributed by atoms with Gasteiger partial charge in [-0.25, -0.2) is 9.59 Å². The zero-order chi connectivity index (χ0) is 22.8. The summed E-state index contributed by atoms with van der Waals surface area (Å²) < 4.78 is 14.2. The Morgan fingerprint density at radius 3 is 2.26 bits per heavy atom. The third kappa shape index (κ3) is 9.46. The number of amides is 1. The summed E-state index contributed by atoms with van der Waals surface area (Å²) in [5, 5.41) is 2.57. The fourth-order valence-corrected chi connectivity index (χ4v) is 2.50. The average molecular weight is 435 g/mol. The number of esters is 2. The van der Waals surface area contributed by atoms with Gasteiger partial charge in [0, 0.05) is 12.1 Å². The molecule has 0 heterocycles. The molecule has 1 aromatic rings. The molecule has 0 bridgehead atoms. The first-order chi connectivity index (χ1) is 14.1. The fourth-order valence-electron chi connectivity index (χ4n) is 2.50. The Balaban J connectivity index is 0.000000581. The van der Waals surface area contributed by atoms with Crippen molar-refractivity contribution in [2.24, 2.45) is 10.9 Å². The van der Waals surface area contributed by atoms with Crippen LogP contribution in [0.1, 0.15) is 40.2 Å². The molecule has 1 amide bonds. The van der Waals surface area contributed by atoms with Crippen molar-refractivity contribution in [3.63, 3.8) is 0 Å². The first-order valence-corrected chi connectivity index (χ1v) is 9.41. The maximum absolute atomic E-state index is 11.6. The number of carbonyl (C=O) groups is 3. The molecule has 172 valence electrons. The molecule has 0 unspecified atom stereocenters. The lowest BCUT2D eigenvalue weighted by Crippen LogP contribution is -2.47. The van der Waals surface area contributed by atoms with Gasteiger partial charge in [0.1, 0.15) is 17.7 Å². The molecule has 1 aromatic carbocycles. The number of nitrogens with zero attached hydrogens (tertiary/aromatic N) is 1. The number of ether oxygens (including phenoxy) is 3. The van der Waals surface area contributed by atoms with E-state index in [2.05, 4.69) is 26.4 Å². The van der Waals surface area contributed by atoms with Gasteiger partial charge in [-0.1, -0.05) is 43.8 Å². The van der Waals surface area contributed by atoms with E-state index in [0.717, 1.165) is 5.56 Å². The van der Waals surface area contributed by atoms with Crippen LogP contribution in [0.25, 0.3) is 0 Å². The Bertz CT molecular complexity index is 770. The predicted molar refractivity (Wildman–Crippen MR) is 120 cm³/mol. The number of nitrogens with one attached hydrogen (secondary N) is 1. The molecule has 0 spiro atoms. The van der Waals surface area contributed by atoms with E-state index >= 15 is 0 Å². The van der Waals surface area contributed by atoms with E-state index < -0.39 is 23.2 Å². The highest BCUT2D eigenvalue weighted by Gasteiger charge is 2.61. The lowest BCUT2D eigenvalue weighted by atomic mass is 10.2. The van der Waals surface area contributed by atoms with Crippen LogP contribution in [0, 0.1) is 5.92 Å². The monoisotopic (exact) mass is 434 g/mol. The maximum Gasteiger partial charge on any atom is 0.408 e. The van der Waals surface area contributed by atoms with E-state index in [-0.39, 0.29) is 25.9 Å². The summed E-state index contributed by atoms with van der Waals surface area (Å²) in [5.74, 6) is -0.886. The van der Waals surface area contributed by atoms with Gasteiger partial charge in [-0.05, 0) is 32.8 Å². The molecule has 8 heteroatoms. The van der Waals surface area contributed by atoms with Gasteiger partial charge in [0.15, 0.2) is 0 Å². The van der Waals surface area contributed by atoms with Crippen molar-refractivity contribution in [3.05, 3.63) is 48.6 Å². The smallest absolute Gasteiger partial charge is 0.408 e. The van der Waals surface area contributed by atoms with Crippen LogP contribution >= 0.6 is 0 Å². The minimum atomic E-state index is -0.987. The standard InChI is InChI=1S/C12H19NO4.C10H11NO2.CH4/c1-6-8-7-12(8,9(14)16-5)13-10(15)17-11(2,3)4;1-13-10(12)8-11-7-9-5-3-2-4-6-9;/h6,8H,1,7H2,2-5H3,(H,13,15);2-7H,8H2,1H3;1H4/t8-,12-;;/m1../s1. The first-order valence-electron chi connectivity index (χ1n) is 9.41. The summed E-state index contributed by atoms with van der Waals surface area (Å²) >= 11 is 0. The predicted octanol–water partition coefficient (Wildman–Crippen LogP) is 3.54. The zero-order valence-electron chi connectivity index (χ0n) is 18.1. The molecule has 0 aromatic heterocycles. The zero-order valence-corrected chi connectivity index (χ0v) is 18.1. The molecule has 0 aliphatic heterocycles. The second-order valence-electron chi connectivity index (χ2n) is 7.59. The molecule has 0 radical (unpaired) electrons. The Hall–Kier alpha value is -3.16. The van der Waals surface area contributed by atoms with Crippen molar-refractivity contribution in [1.29, 1.82) is 0 Å². The van der Waals surface area contributed by atoms with Gasteiger partial charge in [0.05, 0.1) is 14.2 Å². The summed E-state index contributed by atoms with van der Waals surface area (Å²) in [5.41, 5.74) is -0.606. The Morgan fingerprint density at radius 2 is 1.81 bits per heavy atom. The summed E-state index contributed by atoms with van der Waals surface area (Å²) in [6.07, 6.45) is 3.17. The van der Waals surface area contributed by atoms with Crippen LogP contribution in [0.4, 0.5) is 4.79 Å². The molecule has 0 saturated heterocycles. The molecular weight excluding hydrogens is 400 g/mol. The molecule has 8 nitrogen and oxygen atoms in total. The van der Waals surface area contributed by atoms with Crippen LogP contribution in [0.3, 0.4) is 0 Å². The fraction of sp³-hybridized carbons (Fsp3) is 0.478. The van der Waals surface area contributed by atoms with Gasteiger partial charge in [-0.2, -0.15) is 0 Å². The molecule has 1 aliphatic carbocycles. The first kappa shape index (κ1) is 27.8. The number of carbonyl (C=O) groups excluding carboxylic acids is 3. The molecule has 1 saturated carbocycles. The quantitative estimate of drug-likeness (QED) is 0.318. The molecule has 2 atom stereocenters. The Labute approximate surface area is 184 Å². The number of methoxy groups -OCH3 is 2. The van der Waals surface area contributed by atoms with Crippen LogP contribution in [0.2, 0.25) is 0 Å². The number of benzene rings is 1. The van der Waals surface area contributed by atoms with Crippen LogP contribution < -0.4 is 5.32 Å². The summed E-state index contributed by atoms with van der Waals surface area (Å²) in [6, 6.07) is 9.60. The third-order valence-electron chi connectivity index (χ3n) is 4.06. The van der Waals surface area contributed by atoms with E-state index in [1.54, 1.807) is 33.1 Å². The van der Waals surface area contributed by atoms with Gasteiger partial charge >= 0.3 is 18.0 Å². The molecule has 2 rings (SSSR count). The van der Waals surface area contributed by atoms with Crippen molar-refractivity contribution in [3.8, 4) is 0 Å². The van der Waals surface area contributed by atoms with Gasteiger partial charge in [0.2, 0.25) is 0 Å². The van der Waals surface area contributed by atoms with Crippen LogP contribution in [0.15, 0.2) is 48.0 Å². The summed E-state index contributed by atoms with van der Waals surface area (Å²) in [6.45, 7) is 8.97. The Morgan fingerprint density at radius 1 is 1.19 bits per heavy atom. The normalized spacial score (nSPS) is 19.1.